The molecular formula is C50H68N6O6. The Hall–Kier alpha value is -4.33. The van der Waals surface area contributed by atoms with Crippen molar-refractivity contribution in [2.45, 2.75) is 128 Å². The van der Waals surface area contributed by atoms with E-state index in [4.69, 9.17) is 15.2 Å². The third kappa shape index (κ3) is 8.41. The molecular weight excluding hydrogens is 781 g/mol. The number of nitrogens with two attached hydrogens (primary N) is 1. The van der Waals surface area contributed by atoms with E-state index in [1.807, 2.05) is 44.5 Å². The van der Waals surface area contributed by atoms with Crippen molar-refractivity contribution in [2.75, 3.05) is 33.4 Å². The van der Waals surface area contributed by atoms with Crippen LogP contribution in [0.2, 0.25) is 0 Å². The lowest BCUT2D eigenvalue weighted by molar-refractivity contribution is -0.150. The molecule has 1 saturated carbocycles. The second kappa shape index (κ2) is 18.0. The van der Waals surface area contributed by atoms with Gasteiger partial charge in [0, 0.05) is 42.3 Å². The smallest absolute Gasteiger partial charge is 0.350 e. The lowest BCUT2D eigenvalue weighted by atomic mass is 9.68. The molecule has 62 heavy (non-hydrogen) atoms. The molecule has 1 saturated heterocycles. The van der Waals surface area contributed by atoms with Gasteiger partial charge in [-0.25, -0.2) is 4.79 Å². The monoisotopic (exact) mass is 849 g/mol. The van der Waals surface area contributed by atoms with Gasteiger partial charge in [-0.2, -0.15) is 0 Å². The highest BCUT2D eigenvalue weighted by molar-refractivity contribution is 6.33. The first-order chi connectivity index (χ1) is 29.8. The van der Waals surface area contributed by atoms with E-state index in [1.165, 1.54) is 11.1 Å². The molecule has 1 aromatic rings. The van der Waals surface area contributed by atoms with Gasteiger partial charge in [0.2, 0.25) is 5.78 Å². The molecule has 8 N–H and O–H groups in total. The Morgan fingerprint density at radius 2 is 1.97 bits per heavy atom. The number of aliphatic hydroxyl groups is 1. The summed E-state index contributed by atoms with van der Waals surface area (Å²) in [5, 5.41) is 28.1. The van der Waals surface area contributed by atoms with Crippen LogP contribution < -0.4 is 32.3 Å². The van der Waals surface area contributed by atoms with Gasteiger partial charge in [-0.1, -0.05) is 68.8 Å². The Morgan fingerprint density at radius 1 is 1.13 bits per heavy atom. The molecule has 7 aliphatic rings. The number of aliphatic hydroxyl groups excluding tert-OH is 1. The molecule has 8 unspecified atom stereocenters. The molecule has 4 aliphatic heterocycles. The standard InChI is InChI=1S/C50H68N6O6/c1-6-53-40-23-34-11-8-7-10-33(34)22-36(40)29-61-47(60)50-45(59)43-35(25-48(3,4)24-31-15-18-41(51)55-27-31)12-9-13-39(43)44(58)49(50,62-50)26-37(28-57)30(2)14-16-32-20-21-54-46-38(32)17-19-42(52-5)56-46/h8-9,11-13,15,18,20,27,33-34,36,40-42,52-57H,6-7,10,14,16-17,19,21-26,28-29,51H2,1-5H3. The highest BCUT2D eigenvalue weighted by Crippen LogP contribution is 2.60. The van der Waals surface area contributed by atoms with Crippen LogP contribution in [0, 0.1) is 23.2 Å². The first-order valence-electron chi connectivity index (χ1n) is 23.1. The summed E-state index contributed by atoms with van der Waals surface area (Å²) in [5.74, 6) is 0.367. The van der Waals surface area contributed by atoms with Crippen LogP contribution in [0.5, 0.6) is 0 Å². The Labute approximate surface area is 367 Å². The summed E-state index contributed by atoms with van der Waals surface area (Å²) in [7, 11) is 1.96. The van der Waals surface area contributed by atoms with Crippen LogP contribution in [0.3, 0.4) is 0 Å². The predicted octanol–water partition coefficient (Wildman–Crippen LogP) is 5.52. The Bertz CT molecular complexity index is 2130. The second-order valence-corrected chi connectivity index (χ2v) is 19.5. The van der Waals surface area contributed by atoms with Crippen LogP contribution in [0.25, 0.3) is 0 Å². The summed E-state index contributed by atoms with van der Waals surface area (Å²) < 4.78 is 12.7. The quantitative estimate of drug-likeness (QED) is 0.0480. The van der Waals surface area contributed by atoms with Crippen molar-refractivity contribution in [1.29, 1.82) is 0 Å². The van der Waals surface area contributed by atoms with Crippen molar-refractivity contribution < 1.29 is 29.0 Å². The summed E-state index contributed by atoms with van der Waals surface area (Å²) in [6.45, 7) is 9.63. The molecule has 1 aromatic carbocycles. The molecule has 12 nitrogen and oxygen atoms in total. The van der Waals surface area contributed by atoms with E-state index in [9.17, 15) is 9.90 Å². The lowest BCUT2D eigenvalue weighted by Crippen LogP contribution is -2.52. The fourth-order valence-corrected chi connectivity index (χ4v) is 11.4. The Balaban J connectivity index is 1.09. The van der Waals surface area contributed by atoms with Crippen LogP contribution in [0.4, 0.5) is 0 Å². The number of epoxide rings is 1. The third-order valence-electron chi connectivity index (χ3n) is 14.8. The summed E-state index contributed by atoms with van der Waals surface area (Å²) >= 11 is 0. The zero-order valence-corrected chi connectivity index (χ0v) is 37.3. The van der Waals surface area contributed by atoms with E-state index in [0.717, 1.165) is 75.0 Å². The number of nitrogens with one attached hydrogen (secondary N) is 5. The van der Waals surface area contributed by atoms with E-state index >= 15 is 9.59 Å². The van der Waals surface area contributed by atoms with E-state index in [0.29, 0.717) is 42.2 Å². The predicted molar refractivity (Wildman–Crippen MR) is 241 cm³/mol. The van der Waals surface area contributed by atoms with Crippen LogP contribution in [-0.2, 0) is 20.7 Å². The number of esters is 1. The number of carbonyl (C=O) groups excluding carboxylic acids is 3. The number of Topliss-reactive ketones (excluding diaryl/α,β-unsaturated/α-hetero) is 2. The normalized spacial score (nSPS) is 31.5. The van der Waals surface area contributed by atoms with E-state index in [1.54, 1.807) is 6.07 Å². The number of carbonyl (C=O) groups is 3. The molecule has 0 bridgehead atoms. The molecule has 8 atom stereocenters. The van der Waals surface area contributed by atoms with Gasteiger partial charge in [-0.15, -0.1) is 0 Å². The number of dihydropyridines is 2. The van der Waals surface area contributed by atoms with Crippen molar-refractivity contribution >= 4 is 17.5 Å². The van der Waals surface area contributed by atoms with Gasteiger partial charge in [0.25, 0.3) is 5.60 Å². The number of benzene rings is 1. The number of hydrogen-bond acceptors (Lipinski definition) is 12. The SMILES string of the molecule is CCNC1CC2C=CCCC2CC1COC(=O)C12OC1(CC(CO)=C(C)CCC1=CCNC3=C1CCC(NC)N3)C(=O)c1cccc(CC(C)(C)CC3=CNC(N)C=C3)c1C2=O. The second-order valence-electron chi connectivity index (χ2n) is 19.5. The topological polar surface area (TPSA) is 179 Å². The van der Waals surface area contributed by atoms with Crippen LogP contribution >= 0.6 is 0 Å². The summed E-state index contributed by atoms with van der Waals surface area (Å²) in [6.07, 6.45) is 21.1. The van der Waals surface area contributed by atoms with Crippen LogP contribution in [0.1, 0.15) is 118 Å². The highest BCUT2D eigenvalue weighted by Gasteiger charge is 2.86. The van der Waals surface area contributed by atoms with Gasteiger partial charge >= 0.3 is 5.97 Å². The summed E-state index contributed by atoms with van der Waals surface area (Å²) in [5.41, 5.74) is 7.99. The minimum absolute atomic E-state index is 0.0555. The van der Waals surface area contributed by atoms with Gasteiger partial charge in [0.1, 0.15) is 5.82 Å². The number of allylic oxidation sites excluding steroid dienone is 7. The first-order valence-corrected chi connectivity index (χ1v) is 23.1. The molecule has 0 aromatic heterocycles. The Morgan fingerprint density at radius 3 is 2.73 bits per heavy atom. The van der Waals surface area contributed by atoms with E-state index in [2.05, 4.69) is 65.6 Å². The minimum Gasteiger partial charge on any atom is -0.463 e. The Kier molecular flexibility index (Phi) is 12.9. The molecule has 0 amide bonds. The first kappa shape index (κ1) is 44.3. The largest absolute Gasteiger partial charge is 0.463 e. The van der Waals surface area contributed by atoms with E-state index < -0.39 is 28.7 Å². The number of hydrogen-bond donors (Lipinski definition) is 7. The highest BCUT2D eigenvalue weighted by atomic mass is 16.7. The number of fused-ring (bicyclic) bond motifs is 3. The lowest BCUT2D eigenvalue weighted by Gasteiger charge is -2.42. The fourth-order valence-electron chi connectivity index (χ4n) is 11.4. The van der Waals surface area contributed by atoms with Gasteiger partial charge in [-0.3, -0.25) is 9.59 Å². The zero-order valence-electron chi connectivity index (χ0n) is 37.3. The maximum atomic E-state index is 15.3. The van der Waals surface area contributed by atoms with Crippen LogP contribution in [0.15, 0.2) is 88.5 Å². The van der Waals surface area contributed by atoms with Gasteiger partial charge in [0.05, 0.1) is 25.5 Å². The molecule has 2 fully saturated rings. The van der Waals surface area contributed by atoms with Crippen molar-refractivity contribution in [3.63, 3.8) is 0 Å². The van der Waals surface area contributed by atoms with E-state index in [-0.39, 0.29) is 60.5 Å². The maximum absolute atomic E-state index is 15.3. The average molecular weight is 849 g/mol. The zero-order chi connectivity index (χ0) is 43.8. The molecule has 8 rings (SSSR count). The van der Waals surface area contributed by atoms with Crippen LogP contribution in [-0.4, -0.2) is 85.6 Å². The number of ether oxygens (including phenoxy) is 2. The van der Waals surface area contributed by atoms with Crippen molar-refractivity contribution in [3.05, 3.63) is 105 Å². The number of ketones is 2. The minimum atomic E-state index is -2.15. The molecule has 334 valence electrons. The van der Waals surface area contributed by atoms with Crippen molar-refractivity contribution in [2.24, 2.45) is 28.9 Å². The van der Waals surface area contributed by atoms with Crippen molar-refractivity contribution in [1.82, 2.24) is 26.6 Å². The average Bonchev–Trinajstić information content (AvgIpc) is 3.97. The number of rotatable bonds is 16. The van der Waals surface area contributed by atoms with Gasteiger partial charge in [0.15, 0.2) is 11.4 Å². The van der Waals surface area contributed by atoms with Gasteiger partial charge in [-0.05, 0) is 136 Å². The molecule has 0 radical (unpaired) electrons. The van der Waals surface area contributed by atoms with Crippen molar-refractivity contribution in [3.8, 4) is 0 Å². The molecule has 0 spiro atoms. The fraction of sp³-hybridized carbons (Fsp3) is 0.580. The maximum Gasteiger partial charge on any atom is 0.350 e. The molecule has 4 heterocycles. The third-order valence-corrected chi connectivity index (χ3v) is 14.8. The van der Waals surface area contributed by atoms with Gasteiger partial charge < -0.3 is 46.9 Å². The molecule has 12 heteroatoms. The summed E-state index contributed by atoms with van der Waals surface area (Å²) in [6, 6.07) is 5.54. The molecule has 3 aliphatic carbocycles. The summed E-state index contributed by atoms with van der Waals surface area (Å²) in [4.78, 5) is 45.3.